The van der Waals surface area contributed by atoms with Gasteiger partial charge in [0.05, 0.1) is 6.42 Å². The monoisotopic (exact) mass is 221 g/mol. The number of amides is 1. The van der Waals surface area contributed by atoms with Crippen LogP contribution in [0.4, 0.5) is 0 Å². The molecule has 0 N–H and O–H groups in total. The van der Waals surface area contributed by atoms with E-state index in [1.54, 1.807) is 28.4 Å². The maximum absolute atomic E-state index is 11.8. The number of thiophene rings is 1. The summed E-state index contributed by atoms with van der Waals surface area (Å²) in [7, 11) is 0. The Labute approximate surface area is 94.5 Å². The molecule has 0 aliphatic rings. The fraction of sp³-hybridized carbons (Fsp3) is 0.250. The molecular weight excluding hydrogens is 206 g/mol. The zero-order valence-corrected chi connectivity index (χ0v) is 9.50. The van der Waals surface area contributed by atoms with Crippen LogP contribution in [0.25, 0.3) is 0 Å². The molecule has 0 saturated heterocycles. The van der Waals surface area contributed by atoms with E-state index in [-0.39, 0.29) is 5.91 Å². The molecule has 0 unspecified atom stereocenters. The zero-order valence-electron chi connectivity index (χ0n) is 8.69. The molecule has 0 aliphatic heterocycles. The van der Waals surface area contributed by atoms with Crippen molar-refractivity contribution in [1.29, 1.82) is 0 Å². The smallest absolute Gasteiger partial charge is 0.228 e. The summed E-state index contributed by atoms with van der Waals surface area (Å²) in [6.07, 6.45) is 3.94. The van der Waals surface area contributed by atoms with Gasteiger partial charge in [-0.15, -0.1) is 24.5 Å². The van der Waals surface area contributed by atoms with Gasteiger partial charge >= 0.3 is 0 Å². The molecule has 1 aromatic rings. The van der Waals surface area contributed by atoms with Gasteiger partial charge in [0, 0.05) is 18.0 Å². The first kappa shape index (κ1) is 11.7. The standard InChI is InChI=1S/C12H15NOS/c1-3-7-13(8-4-2)12(14)10-11-6-5-9-15-11/h3-6,9H,1-2,7-8,10H2. The summed E-state index contributed by atoms with van der Waals surface area (Å²) in [4.78, 5) is 14.7. The van der Waals surface area contributed by atoms with E-state index in [0.717, 1.165) is 4.88 Å². The number of rotatable bonds is 6. The van der Waals surface area contributed by atoms with Gasteiger partial charge in [0.1, 0.15) is 0 Å². The van der Waals surface area contributed by atoms with Gasteiger partial charge in [-0.25, -0.2) is 0 Å². The molecule has 0 atom stereocenters. The molecule has 0 bridgehead atoms. The number of nitrogens with zero attached hydrogens (tertiary/aromatic N) is 1. The first-order valence-corrected chi connectivity index (χ1v) is 5.68. The summed E-state index contributed by atoms with van der Waals surface area (Å²) < 4.78 is 0. The van der Waals surface area contributed by atoms with E-state index in [0.29, 0.717) is 19.5 Å². The van der Waals surface area contributed by atoms with Crippen molar-refractivity contribution in [1.82, 2.24) is 4.90 Å². The molecule has 0 fully saturated rings. The summed E-state index contributed by atoms with van der Waals surface area (Å²) >= 11 is 1.61. The predicted octanol–water partition coefficient (Wildman–Crippen LogP) is 2.49. The van der Waals surface area contributed by atoms with Gasteiger partial charge in [0.15, 0.2) is 0 Å². The predicted molar refractivity (Wildman–Crippen MR) is 65.0 cm³/mol. The minimum Gasteiger partial charge on any atom is -0.335 e. The fourth-order valence-electron chi connectivity index (χ4n) is 1.26. The van der Waals surface area contributed by atoms with Gasteiger partial charge in [-0.3, -0.25) is 4.79 Å². The molecule has 80 valence electrons. The van der Waals surface area contributed by atoms with Crippen molar-refractivity contribution in [2.45, 2.75) is 6.42 Å². The first-order valence-electron chi connectivity index (χ1n) is 4.80. The van der Waals surface area contributed by atoms with E-state index in [1.165, 1.54) is 0 Å². The third kappa shape index (κ3) is 3.72. The SMILES string of the molecule is C=CCN(CC=C)C(=O)Cc1cccs1. The Morgan fingerprint density at radius 3 is 2.53 bits per heavy atom. The van der Waals surface area contributed by atoms with E-state index in [9.17, 15) is 4.79 Å². The second-order valence-corrected chi connectivity index (χ2v) is 4.16. The van der Waals surface area contributed by atoms with E-state index < -0.39 is 0 Å². The van der Waals surface area contributed by atoms with E-state index in [4.69, 9.17) is 0 Å². The lowest BCUT2D eigenvalue weighted by Crippen LogP contribution is -2.32. The van der Waals surface area contributed by atoms with E-state index in [2.05, 4.69) is 13.2 Å². The quantitative estimate of drug-likeness (QED) is 0.676. The van der Waals surface area contributed by atoms with Crippen LogP contribution in [0, 0.1) is 0 Å². The Hall–Kier alpha value is -1.35. The molecule has 1 aromatic heterocycles. The van der Waals surface area contributed by atoms with Gasteiger partial charge in [0.2, 0.25) is 5.91 Å². The lowest BCUT2D eigenvalue weighted by atomic mass is 10.3. The molecule has 0 spiro atoms. The molecule has 0 aliphatic carbocycles. The Kier molecular flexibility index (Phi) is 4.84. The Morgan fingerprint density at radius 2 is 2.07 bits per heavy atom. The molecular formula is C12H15NOS. The maximum atomic E-state index is 11.8. The maximum Gasteiger partial charge on any atom is 0.228 e. The minimum absolute atomic E-state index is 0.122. The van der Waals surface area contributed by atoms with Gasteiger partial charge in [-0.1, -0.05) is 18.2 Å². The molecule has 1 rings (SSSR count). The van der Waals surface area contributed by atoms with Gasteiger partial charge in [-0.2, -0.15) is 0 Å². The van der Waals surface area contributed by atoms with Crippen LogP contribution in [0.5, 0.6) is 0 Å². The lowest BCUT2D eigenvalue weighted by Gasteiger charge is -2.18. The van der Waals surface area contributed by atoms with Gasteiger partial charge < -0.3 is 4.90 Å². The molecule has 0 radical (unpaired) electrons. The van der Waals surface area contributed by atoms with Crippen molar-refractivity contribution in [2.75, 3.05) is 13.1 Å². The summed E-state index contributed by atoms with van der Waals surface area (Å²) in [6, 6.07) is 3.93. The summed E-state index contributed by atoms with van der Waals surface area (Å²) in [6.45, 7) is 8.43. The zero-order chi connectivity index (χ0) is 11.1. The number of hydrogen-bond donors (Lipinski definition) is 0. The Bertz CT molecular complexity index is 319. The Balaban J connectivity index is 2.55. The lowest BCUT2D eigenvalue weighted by molar-refractivity contribution is -0.129. The highest BCUT2D eigenvalue weighted by Gasteiger charge is 2.11. The van der Waals surface area contributed by atoms with Gasteiger partial charge in [-0.05, 0) is 11.4 Å². The molecule has 3 heteroatoms. The molecule has 15 heavy (non-hydrogen) atoms. The average Bonchev–Trinajstić information content (AvgIpc) is 2.70. The van der Waals surface area contributed by atoms with Crippen LogP contribution in [0.15, 0.2) is 42.8 Å². The molecule has 1 amide bonds. The minimum atomic E-state index is 0.122. The van der Waals surface area contributed by atoms with Crippen molar-refractivity contribution >= 4 is 17.2 Å². The third-order valence-corrected chi connectivity index (χ3v) is 2.83. The Morgan fingerprint density at radius 1 is 1.40 bits per heavy atom. The van der Waals surface area contributed by atoms with Crippen LogP contribution < -0.4 is 0 Å². The number of carbonyl (C=O) groups excluding carboxylic acids is 1. The molecule has 0 aromatic carbocycles. The van der Waals surface area contributed by atoms with Crippen LogP contribution in [-0.2, 0) is 11.2 Å². The average molecular weight is 221 g/mol. The second kappa shape index (κ2) is 6.19. The van der Waals surface area contributed by atoms with E-state index >= 15 is 0 Å². The highest BCUT2D eigenvalue weighted by atomic mass is 32.1. The summed E-state index contributed by atoms with van der Waals surface area (Å²) in [5.74, 6) is 0.122. The van der Waals surface area contributed by atoms with Crippen LogP contribution >= 0.6 is 11.3 Å². The molecule has 0 saturated carbocycles. The van der Waals surface area contributed by atoms with Crippen LogP contribution in [0.2, 0.25) is 0 Å². The van der Waals surface area contributed by atoms with Crippen LogP contribution in [0.3, 0.4) is 0 Å². The summed E-state index contributed by atoms with van der Waals surface area (Å²) in [5.41, 5.74) is 0. The normalized spacial score (nSPS) is 9.60. The first-order chi connectivity index (χ1) is 7.27. The van der Waals surface area contributed by atoms with Gasteiger partial charge in [0.25, 0.3) is 0 Å². The topological polar surface area (TPSA) is 20.3 Å². The van der Waals surface area contributed by atoms with Crippen LogP contribution in [0.1, 0.15) is 4.88 Å². The van der Waals surface area contributed by atoms with Crippen molar-refractivity contribution in [2.24, 2.45) is 0 Å². The second-order valence-electron chi connectivity index (χ2n) is 3.13. The van der Waals surface area contributed by atoms with Crippen molar-refractivity contribution < 1.29 is 4.79 Å². The van der Waals surface area contributed by atoms with Crippen molar-refractivity contribution in [3.63, 3.8) is 0 Å². The third-order valence-electron chi connectivity index (χ3n) is 1.96. The van der Waals surface area contributed by atoms with Crippen molar-refractivity contribution in [3.8, 4) is 0 Å². The summed E-state index contributed by atoms with van der Waals surface area (Å²) in [5, 5.41) is 1.98. The molecule has 1 heterocycles. The fourth-order valence-corrected chi connectivity index (χ4v) is 1.96. The number of hydrogen-bond acceptors (Lipinski definition) is 2. The molecule has 2 nitrogen and oxygen atoms in total. The highest BCUT2D eigenvalue weighted by Crippen LogP contribution is 2.10. The number of carbonyl (C=O) groups is 1. The van der Waals surface area contributed by atoms with Crippen LogP contribution in [-0.4, -0.2) is 23.9 Å². The highest BCUT2D eigenvalue weighted by molar-refractivity contribution is 7.10. The van der Waals surface area contributed by atoms with Crippen molar-refractivity contribution in [3.05, 3.63) is 47.7 Å². The van der Waals surface area contributed by atoms with E-state index in [1.807, 2.05) is 17.5 Å². The largest absolute Gasteiger partial charge is 0.335 e.